The molecule has 6 aromatic rings. The molecule has 2 fully saturated rings. The number of aromatic nitrogens is 2. The highest BCUT2D eigenvalue weighted by Crippen LogP contribution is 2.39. The monoisotopic (exact) mass is 1040 g/mol. The number of halogens is 1. The number of benzene rings is 4. The fraction of sp³-hybridized carbons (Fsp3) is 0.411. The van der Waals surface area contributed by atoms with Gasteiger partial charge in [0.1, 0.15) is 12.7 Å². The molecule has 15 heteroatoms. The number of ether oxygens (including phenoxy) is 4. The summed E-state index contributed by atoms with van der Waals surface area (Å²) >= 11 is 3.52. The Kier molecular flexibility index (Phi) is 22.6. The number of carbonyl (C=O) groups is 3. The standard InChI is InChI=1S/C23H25NO4.C19H16BrNO2.C11H19BO5.C2H6.CH4/c1-2-28-22(27)13-18-14-24-21-9-4-3-8-20(21)23(18)17-7-5-6-16(12-17)10-11-19(26)15-25;1-2-23-18(22)11-14-12-21-17-9-4-3-8-16(17)19(14)13-6-5-7-15(20)10-13;1-10(2)11(3,4)17-12(16-10)6-5-8-7-14-9(13)15-8;1-2;/h3-9,12,14,19,25-26H,2,10-11,13,15H2,1H3;3-10,12H,2,11H2,1H3;8H,5-7H2,1-4H3;1-2H3;1H4. The van der Waals surface area contributed by atoms with Gasteiger partial charge in [-0.15, -0.1) is 0 Å². The van der Waals surface area contributed by atoms with Crippen molar-refractivity contribution < 1.29 is 52.9 Å². The van der Waals surface area contributed by atoms with Gasteiger partial charge >= 0.3 is 25.2 Å². The molecule has 4 heterocycles. The molecule has 71 heavy (non-hydrogen) atoms. The van der Waals surface area contributed by atoms with Crippen molar-refractivity contribution >= 4 is 62.9 Å². The first-order valence-electron chi connectivity index (χ1n) is 24.0. The number of esters is 2. The lowest BCUT2D eigenvalue weighted by atomic mass is 9.82. The van der Waals surface area contributed by atoms with Gasteiger partial charge in [0.05, 0.1) is 61.0 Å². The zero-order chi connectivity index (χ0) is 50.8. The SMILES string of the molecule is C.CC.CC1(C)OB(CCC2COC(=O)O2)OC1(C)C.CCOC(=O)Cc1cnc2ccccc2c1-c1cccc(Br)c1.CCOC(=O)Cc1cnc2ccccc2c1-c1cccc(CCC(O)CO)c1. The zero-order valence-corrected chi connectivity index (χ0v) is 43.1. The number of aryl methyl sites for hydroxylation is 1. The number of pyridine rings is 2. The van der Waals surface area contributed by atoms with E-state index in [1.54, 1.807) is 19.3 Å². The average Bonchev–Trinajstić information content (AvgIpc) is 3.86. The number of cyclic esters (lactones) is 2. The second-order valence-corrected chi connectivity index (χ2v) is 18.4. The Labute approximate surface area is 427 Å². The van der Waals surface area contributed by atoms with Gasteiger partial charge in [-0.25, -0.2) is 4.79 Å². The van der Waals surface area contributed by atoms with Crippen LogP contribution in [0, 0.1) is 0 Å². The predicted octanol–water partition coefficient (Wildman–Crippen LogP) is 11.7. The summed E-state index contributed by atoms with van der Waals surface area (Å²) in [7, 11) is -0.237. The molecule has 0 amide bonds. The van der Waals surface area contributed by atoms with Gasteiger partial charge in [-0.3, -0.25) is 19.6 Å². The lowest BCUT2D eigenvalue weighted by Crippen LogP contribution is -2.41. The number of para-hydroxylation sites is 2. The summed E-state index contributed by atoms with van der Waals surface area (Å²) in [5.74, 6) is -0.510. The number of hydrogen-bond donors (Lipinski definition) is 2. The average molecular weight is 1040 g/mol. The van der Waals surface area contributed by atoms with E-state index in [9.17, 15) is 19.5 Å². The van der Waals surface area contributed by atoms with E-state index in [2.05, 4.69) is 38.0 Å². The van der Waals surface area contributed by atoms with Crippen LogP contribution in [0.5, 0.6) is 0 Å². The number of hydrogen-bond acceptors (Lipinski definition) is 13. The molecule has 2 unspecified atom stereocenters. The third kappa shape index (κ3) is 16.2. The molecule has 2 aliphatic heterocycles. The molecule has 8 rings (SSSR count). The van der Waals surface area contributed by atoms with Crippen molar-refractivity contribution in [3.8, 4) is 22.3 Å². The Morgan fingerprint density at radius 3 is 1.76 bits per heavy atom. The Bertz CT molecular complexity index is 2660. The van der Waals surface area contributed by atoms with Crippen molar-refractivity contribution in [2.24, 2.45) is 0 Å². The number of rotatable bonds is 15. The van der Waals surface area contributed by atoms with E-state index in [-0.39, 0.29) is 63.2 Å². The summed E-state index contributed by atoms with van der Waals surface area (Å²) in [6, 6.07) is 32.0. The minimum atomic E-state index is -0.718. The van der Waals surface area contributed by atoms with Gasteiger partial charge < -0.3 is 38.5 Å². The molecule has 13 nitrogen and oxygen atoms in total. The van der Waals surface area contributed by atoms with E-state index in [0.29, 0.717) is 45.4 Å². The Hall–Kier alpha value is -5.71. The normalized spacial score (nSPS) is 15.6. The molecule has 2 atom stereocenters. The number of aliphatic hydroxyl groups excluding tert-OH is 2. The summed E-state index contributed by atoms with van der Waals surface area (Å²) in [5, 5.41) is 20.7. The van der Waals surface area contributed by atoms with Crippen LogP contribution in [-0.2, 0) is 57.1 Å². The van der Waals surface area contributed by atoms with E-state index in [0.717, 1.165) is 65.2 Å². The van der Waals surface area contributed by atoms with E-state index in [1.165, 1.54) is 0 Å². The summed E-state index contributed by atoms with van der Waals surface area (Å²) in [6.07, 6.45) is 4.99. The highest BCUT2D eigenvalue weighted by Gasteiger charge is 2.51. The van der Waals surface area contributed by atoms with Crippen molar-refractivity contribution in [2.45, 2.75) is 125 Å². The predicted molar refractivity (Wildman–Crippen MR) is 284 cm³/mol. The van der Waals surface area contributed by atoms with E-state index < -0.39 is 12.3 Å². The van der Waals surface area contributed by atoms with Crippen molar-refractivity contribution in [1.82, 2.24) is 9.97 Å². The summed E-state index contributed by atoms with van der Waals surface area (Å²) < 4.78 is 32.6. The molecule has 0 radical (unpaired) electrons. The molecule has 0 bridgehead atoms. The summed E-state index contributed by atoms with van der Waals surface area (Å²) in [5.41, 5.74) is 7.99. The number of aliphatic hydroxyl groups is 2. The second kappa shape index (κ2) is 27.8. The Balaban J connectivity index is 0.000000232. The second-order valence-electron chi connectivity index (χ2n) is 17.5. The first kappa shape index (κ1) is 57.9. The highest BCUT2D eigenvalue weighted by molar-refractivity contribution is 9.10. The third-order valence-electron chi connectivity index (χ3n) is 12.0. The number of carbonyl (C=O) groups excluding carboxylic acids is 3. The molecule has 0 aliphatic carbocycles. The minimum Gasteiger partial charge on any atom is -0.466 e. The van der Waals surface area contributed by atoms with Gasteiger partial charge in [-0.1, -0.05) is 110 Å². The molecule has 2 aliphatic rings. The lowest BCUT2D eigenvalue weighted by molar-refractivity contribution is -0.143. The molecular formula is C56H70BBrN2O11. The van der Waals surface area contributed by atoms with Gasteiger partial charge in [0.25, 0.3) is 0 Å². The number of nitrogens with zero attached hydrogens (tertiary/aromatic N) is 2. The molecule has 4 aromatic carbocycles. The first-order valence-corrected chi connectivity index (χ1v) is 24.8. The molecule has 2 saturated heterocycles. The van der Waals surface area contributed by atoms with Crippen LogP contribution in [0.25, 0.3) is 44.1 Å². The Morgan fingerprint density at radius 2 is 1.28 bits per heavy atom. The van der Waals surface area contributed by atoms with Gasteiger partial charge in [0, 0.05) is 27.6 Å². The third-order valence-corrected chi connectivity index (χ3v) is 12.5. The van der Waals surface area contributed by atoms with E-state index in [1.807, 2.05) is 133 Å². The van der Waals surface area contributed by atoms with Crippen molar-refractivity contribution in [1.29, 1.82) is 0 Å². The highest BCUT2D eigenvalue weighted by atomic mass is 79.9. The molecule has 0 saturated carbocycles. The molecule has 380 valence electrons. The minimum absolute atomic E-state index is 0. The number of fused-ring (bicyclic) bond motifs is 2. The van der Waals surface area contributed by atoms with Crippen LogP contribution in [0.1, 0.15) is 92.3 Å². The smallest absolute Gasteiger partial charge is 0.466 e. The molecule has 0 spiro atoms. The van der Waals surface area contributed by atoms with Crippen LogP contribution in [0.15, 0.2) is 114 Å². The van der Waals surface area contributed by atoms with Crippen LogP contribution >= 0.6 is 15.9 Å². The van der Waals surface area contributed by atoms with Gasteiger partial charge in [0.15, 0.2) is 0 Å². The quantitative estimate of drug-likeness (QED) is 0.0566. The first-order chi connectivity index (χ1) is 33.6. The molecular weight excluding hydrogens is 967 g/mol. The topological polar surface area (TPSA) is 173 Å². The van der Waals surface area contributed by atoms with E-state index in [4.69, 9.17) is 33.4 Å². The molecule has 2 aromatic heterocycles. The maximum atomic E-state index is 12.1. The summed E-state index contributed by atoms with van der Waals surface area (Å²) in [6.45, 7) is 16.5. The zero-order valence-electron chi connectivity index (χ0n) is 41.5. The largest absolute Gasteiger partial charge is 0.508 e. The van der Waals surface area contributed by atoms with Crippen LogP contribution in [0.2, 0.25) is 6.32 Å². The fourth-order valence-electron chi connectivity index (χ4n) is 7.91. The Morgan fingerprint density at radius 1 is 0.775 bits per heavy atom. The van der Waals surface area contributed by atoms with Crippen molar-refractivity contribution in [3.05, 3.63) is 131 Å². The van der Waals surface area contributed by atoms with Gasteiger partial charge in [-0.05, 0) is 130 Å². The fourth-order valence-corrected chi connectivity index (χ4v) is 8.31. The van der Waals surface area contributed by atoms with Gasteiger partial charge in [-0.2, -0.15) is 0 Å². The maximum Gasteiger partial charge on any atom is 0.508 e. The summed E-state index contributed by atoms with van der Waals surface area (Å²) in [4.78, 5) is 43.8. The van der Waals surface area contributed by atoms with Crippen LogP contribution in [0.3, 0.4) is 0 Å². The molecule has 2 N–H and O–H groups in total. The van der Waals surface area contributed by atoms with Crippen LogP contribution in [-0.4, -0.2) is 95.2 Å². The van der Waals surface area contributed by atoms with Crippen molar-refractivity contribution in [3.63, 3.8) is 0 Å². The van der Waals surface area contributed by atoms with E-state index >= 15 is 0 Å². The lowest BCUT2D eigenvalue weighted by Gasteiger charge is -2.32. The van der Waals surface area contributed by atoms with Crippen LogP contribution in [0.4, 0.5) is 4.79 Å². The maximum absolute atomic E-state index is 12.1. The van der Waals surface area contributed by atoms with Crippen molar-refractivity contribution in [2.75, 3.05) is 26.4 Å². The van der Waals surface area contributed by atoms with Crippen LogP contribution < -0.4 is 0 Å². The van der Waals surface area contributed by atoms with Gasteiger partial charge in [0.2, 0.25) is 0 Å².